The van der Waals surface area contributed by atoms with Crippen LogP contribution in [0.3, 0.4) is 0 Å². The van der Waals surface area contributed by atoms with Gasteiger partial charge in [-0.3, -0.25) is 4.79 Å². The topological polar surface area (TPSA) is 82.3 Å². The van der Waals surface area contributed by atoms with Crippen molar-refractivity contribution in [1.82, 2.24) is 21.3 Å². The van der Waals surface area contributed by atoms with Gasteiger partial charge in [0.25, 0.3) is 0 Å². The molecule has 2 rings (SSSR count). The number of amides is 3. The minimum absolute atomic E-state index is 0.0436. The van der Waals surface area contributed by atoms with Crippen molar-refractivity contribution in [2.45, 2.75) is 82.7 Å². The van der Waals surface area contributed by atoms with Gasteiger partial charge in [-0.2, -0.15) is 0 Å². The molecule has 0 saturated heterocycles. The maximum Gasteiger partial charge on any atom is 0.315 e. The molecule has 3 amide bonds. The smallest absolute Gasteiger partial charge is 0.315 e. The Morgan fingerprint density at radius 2 is 1.29 bits per heavy atom. The monoisotopic (exact) mass is 338 g/mol. The lowest BCUT2D eigenvalue weighted by molar-refractivity contribution is -0.120. The van der Waals surface area contributed by atoms with Gasteiger partial charge >= 0.3 is 6.03 Å². The van der Waals surface area contributed by atoms with Crippen LogP contribution in [0.1, 0.15) is 70.6 Å². The zero-order chi connectivity index (χ0) is 17.0. The van der Waals surface area contributed by atoms with Crippen molar-refractivity contribution in [2.24, 2.45) is 0 Å². The van der Waals surface area contributed by atoms with Crippen molar-refractivity contribution in [1.29, 1.82) is 0 Å². The Morgan fingerprint density at radius 3 is 1.96 bits per heavy atom. The lowest BCUT2D eigenvalue weighted by atomic mass is 9.96. The first-order valence-electron chi connectivity index (χ1n) is 9.78. The second-order valence-electron chi connectivity index (χ2n) is 7.15. The summed E-state index contributed by atoms with van der Waals surface area (Å²) in [6.45, 7) is 1.45. The lowest BCUT2D eigenvalue weighted by Crippen LogP contribution is -2.47. The van der Waals surface area contributed by atoms with Crippen LogP contribution < -0.4 is 21.3 Å². The third-order valence-corrected chi connectivity index (χ3v) is 5.09. The Morgan fingerprint density at radius 1 is 0.708 bits per heavy atom. The summed E-state index contributed by atoms with van der Waals surface area (Å²) in [5, 5.41) is 12.0. The molecular formula is C18H34N4O2. The van der Waals surface area contributed by atoms with E-state index in [-0.39, 0.29) is 24.5 Å². The van der Waals surface area contributed by atoms with E-state index < -0.39 is 0 Å². The number of rotatable bonds is 7. The summed E-state index contributed by atoms with van der Waals surface area (Å²) in [6.07, 6.45) is 13.5. The molecule has 0 aromatic rings. The van der Waals surface area contributed by atoms with Gasteiger partial charge in [0.15, 0.2) is 0 Å². The van der Waals surface area contributed by atoms with Crippen LogP contribution in [0, 0.1) is 0 Å². The maximum absolute atomic E-state index is 11.8. The van der Waals surface area contributed by atoms with E-state index in [4.69, 9.17) is 0 Å². The molecule has 0 atom stereocenters. The molecule has 0 unspecified atom stereocenters. The molecule has 4 N–H and O–H groups in total. The molecule has 2 aliphatic rings. The van der Waals surface area contributed by atoms with E-state index in [1.165, 1.54) is 57.8 Å². The molecule has 0 heterocycles. The molecule has 0 spiro atoms. The molecule has 2 aliphatic carbocycles. The summed E-state index contributed by atoms with van der Waals surface area (Å²) in [5.41, 5.74) is 0. The number of urea groups is 1. The summed E-state index contributed by atoms with van der Waals surface area (Å²) in [5.74, 6) is -0.128. The van der Waals surface area contributed by atoms with Gasteiger partial charge in [-0.05, 0) is 25.7 Å². The molecule has 2 saturated carbocycles. The third kappa shape index (κ3) is 7.99. The minimum atomic E-state index is -0.228. The van der Waals surface area contributed by atoms with Gasteiger partial charge in [0, 0.05) is 25.2 Å². The molecule has 6 heteroatoms. The zero-order valence-corrected chi connectivity index (χ0v) is 14.9. The Kier molecular flexibility index (Phi) is 8.95. The molecule has 2 fully saturated rings. The summed E-state index contributed by atoms with van der Waals surface area (Å²) in [6, 6.07) is 0.642. The molecule has 24 heavy (non-hydrogen) atoms. The van der Waals surface area contributed by atoms with E-state index in [1.807, 2.05) is 0 Å². The molecule has 0 aliphatic heterocycles. The molecular weight excluding hydrogens is 304 g/mol. The molecule has 0 aromatic heterocycles. The highest BCUT2D eigenvalue weighted by molar-refractivity contribution is 5.83. The predicted molar refractivity (Wildman–Crippen MR) is 95.9 cm³/mol. The average Bonchev–Trinajstić information content (AvgIpc) is 2.87. The van der Waals surface area contributed by atoms with Gasteiger partial charge in [-0.1, -0.05) is 44.9 Å². The fourth-order valence-corrected chi connectivity index (χ4v) is 3.67. The quantitative estimate of drug-likeness (QED) is 0.423. The lowest BCUT2D eigenvalue weighted by Gasteiger charge is -2.22. The normalized spacial score (nSPS) is 20.2. The van der Waals surface area contributed by atoms with E-state index in [0.29, 0.717) is 12.6 Å². The largest absolute Gasteiger partial charge is 0.353 e. The second-order valence-corrected chi connectivity index (χ2v) is 7.15. The molecule has 0 bridgehead atoms. The number of hydrogen-bond acceptors (Lipinski definition) is 3. The van der Waals surface area contributed by atoms with E-state index in [9.17, 15) is 9.59 Å². The third-order valence-electron chi connectivity index (χ3n) is 5.09. The van der Waals surface area contributed by atoms with Gasteiger partial charge in [0.1, 0.15) is 0 Å². The number of carbonyl (C=O) groups is 2. The van der Waals surface area contributed by atoms with Gasteiger partial charge in [0.05, 0.1) is 6.54 Å². The van der Waals surface area contributed by atoms with Crippen LogP contribution in [0.2, 0.25) is 0 Å². The zero-order valence-electron chi connectivity index (χ0n) is 14.9. The Balaban J connectivity index is 1.47. The van der Waals surface area contributed by atoms with Crippen molar-refractivity contribution in [2.75, 3.05) is 19.6 Å². The van der Waals surface area contributed by atoms with Crippen LogP contribution in [0.25, 0.3) is 0 Å². The number of carbonyl (C=O) groups excluding carboxylic acids is 2. The number of hydrogen-bond donors (Lipinski definition) is 4. The Bertz CT molecular complexity index is 375. The summed E-state index contributed by atoms with van der Waals surface area (Å²) in [7, 11) is 0. The van der Waals surface area contributed by atoms with Crippen LogP contribution in [0.4, 0.5) is 4.79 Å². The van der Waals surface area contributed by atoms with Crippen molar-refractivity contribution in [3.8, 4) is 0 Å². The van der Waals surface area contributed by atoms with E-state index >= 15 is 0 Å². The van der Waals surface area contributed by atoms with Gasteiger partial charge in [0.2, 0.25) is 5.91 Å². The minimum Gasteiger partial charge on any atom is -0.353 e. The predicted octanol–water partition coefficient (Wildman–Crippen LogP) is 2.05. The fraction of sp³-hybridized carbons (Fsp3) is 0.889. The van der Waals surface area contributed by atoms with Crippen molar-refractivity contribution < 1.29 is 9.59 Å². The standard InChI is InChI=1S/C18H34N4O2/c23-17(14-21-18(24)22-16-10-6-3-7-11-16)20-13-12-19-15-8-4-1-2-5-9-15/h15-16,19H,1-14H2,(H,20,23)(H2,21,22,24). The number of nitrogens with one attached hydrogen (secondary N) is 4. The van der Waals surface area contributed by atoms with Crippen LogP contribution in [0.15, 0.2) is 0 Å². The highest BCUT2D eigenvalue weighted by Crippen LogP contribution is 2.17. The van der Waals surface area contributed by atoms with Crippen molar-refractivity contribution in [3.05, 3.63) is 0 Å². The molecule has 0 aromatic carbocycles. The van der Waals surface area contributed by atoms with Gasteiger partial charge in [-0.15, -0.1) is 0 Å². The first kappa shape index (κ1) is 19.0. The summed E-state index contributed by atoms with van der Waals surface area (Å²) >= 11 is 0. The molecule has 6 nitrogen and oxygen atoms in total. The Hall–Kier alpha value is -1.30. The summed E-state index contributed by atoms with van der Waals surface area (Å²) < 4.78 is 0. The second kappa shape index (κ2) is 11.3. The summed E-state index contributed by atoms with van der Waals surface area (Å²) in [4.78, 5) is 23.5. The van der Waals surface area contributed by atoms with Gasteiger partial charge < -0.3 is 21.3 Å². The Labute approximate surface area is 145 Å². The van der Waals surface area contributed by atoms with Crippen LogP contribution >= 0.6 is 0 Å². The molecule has 0 radical (unpaired) electrons. The maximum atomic E-state index is 11.8. The van der Waals surface area contributed by atoms with Gasteiger partial charge in [-0.25, -0.2) is 4.79 Å². The first-order chi connectivity index (χ1) is 11.7. The molecule has 138 valence electrons. The highest BCUT2D eigenvalue weighted by atomic mass is 16.2. The van der Waals surface area contributed by atoms with Crippen molar-refractivity contribution >= 4 is 11.9 Å². The van der Waals surface area contributed by atoms with E-state index in [1.54, 1.807) is 0 Å². The van der Waals surface area contributed by atoms with E-state index in [0.717, 1.165) is 19.4 Å². The first-order valence-corrected chi connectivity index (χ1v) is 9.78. The average molecular weight is 338 g/mol. The fourth-order valence-electron chi connectivity index (χ4n) is 3.67. The SMILES string of the molecule is O=C(CNC(=O)NC1CCCCC1)NCCNC1CCCCCC1. The van der Waals surface area contributed by atoms with Crippen LogP contribution in [-0.2, 0) is 4.79 Å². The van der Waals surface area contributed by atoms with Crippen LogP contribution in [0.5, 0.6) is 0 Å². The highest BCUT2D eigenvalue weighted by Gasteiger charge is 2.16. The van der Waals surface area contributed by atoms with E-state index in [2.05, 4.69) is 21.3 Å². The van der Waals surface area contributed by atoms with Crippen molar-refractivity contribution in [3.63, 3.8) is 0 Å². The van der Waals surface area contributed by atoms with Crippen LogP contribution in [-0.4, -0.2) is 43.7 Å².